The lowest BCUT2D eigenvalue weighted by atomic mass is 9.79. The molecule has 0 saturated heterocycles. The largest absolute Gasteiger partial charge is 0.296 e. The van der Waals surface area contributed by atoms with Gasteiger partial charge in [-0.05, 0) is 39.0 Å². The van der Waals surface area contributed by atoms with Crippen molar-refractivity contribution in [3.8, 4) is 0 Å². The first kappa shape index (κ1) is 18.0. The van der Waals surface area contributed by atoms with E-state index in [9.17, 15) is 0 Å². The lowest BCUT2D eigenvalue weighted by molar-refractivity contribution is -0.124. The van der Waals surface area contributed by atoms with Gasteiger partial charge in [-0.1, -0.05) is 64.7 Å². The van der Waals surface area contributed by atoms with Crippen molar-refractivity contribution < 1.29 is 4.84 Å². The Bertz CT molecular complexity index is 221. The fourth-order valence-corrected chi connectivity index (χ4v) is 3.27. The van der Waals surface area contributed by atoms with Crippen LogP contribution < -0.4 is 5.48 Å². The van der Waals surface area contributed by atoms with E-state index < -0.39 is 0 Å². The van der Waals surface area contributed by atoms with Gasteiger partial charge >= 0.3 is 0 Å². The van der Waals surface area contributed by atoms with Gasteiger partial charge in [0.05, 0.1) is 5.60 Å². The predicted octanol–water partition coefficient (Wildman–Crippen LogP) is 5.62. The molecule has 20 heavy (non-hydrogen) atoms. The Labute approximate surface area is 127 Å². The van der Waals surface area contributed by atoms with Gasteiger partial charge in [0.1, 0.15) is 0 Å². The van der Waals surface area contributed by atoms with E-state index >= 15 is 0 Å². The zero-order valence-corrected chi connectivity index (χ0v) is 14.2. The Morgan fingerprint density at radius 3 is 2.15 bits per heavy atom. The zero-order valence-electron chi connectivity index (χ0n) is 14.2. The Balaban J connectivity index is 1.96. The third-order valence-electron chi connectivity index (χ3n) is 4.81. The maximum atomic E-state index is 5.96. The average Bonchev–Trinajstić information content (AvgIpc) is 2.46. The molecule has 0 unspecified atom stereocenters. The van der Waals surface area contributed by atoms with Crippen molar-refractivity contribution in [3.05, 3.63) is 0 Å². The summed E-state index contributed by atoms with van der Waals surface area (Å²) in [7, 11) is 0. The topological polar surface area (TPSA) is 21.3 Å². The molecule has 0 heterocycles. The molecule has 0 bridgehead atoms. The second kappa shape index (κ2) is 10.6. The molecule has 0 atom stereocenters. The fourth-order valence-electron chi connectivity index (χ4n) is 3.27. The number of rotatable bonds is 11. The Hall–Kier alpha value is -0.0800. The molecule has 1 rings (SSSR count). The van der Waals surface area contributed by atoms with E-state index in [4.69, 9.17) is 4.84 Å². The summed E-state index contributed by atoms with van der Waals surface area (Å²) in [5.41, 5.74) is 3.23. The van der Waals surface area contributed by atoms with E-state index in [2.05, 4.69) is 26.3 Å². The van der Waals surface area contributed by atoms with Gasteiger partial charge in [0.25, 0.3) is 0 Å². The van der Waals surface area contributed by atoms with Gasteiger partial charge in [0.15, 0.2) is 0 Å². The molecule has 0 aromatic heterocycles. The van der Waals surface area contributed by atoms with Crippen LogP contribution in [-0.4, -0.2) is 12.1 Å². The second-order valence-electron chi connectivity index (χ2n) is 7.06. The summed E-state index contributed by atoms with van der Waals surface area (Å²) in [4.78, 5) is 5.96. The van der Waals surface area contributed by atoms with Gasteiger partial charge in [0.2, 0.25) is 0 Å². The minimum absolute atomic E-state index is 0.00153. The summed E-state index contributed by atoms with van der Waals surface area (Å²) in [6.45, 7) is 7.78. The molecule has 2 heteroatoms. The van der Waals surface area contributed by atoms with Crippen LogP contribution in [-0.2, 0) is 4.84 Å². The number of hydroxylamine groups is 1. The Morgan fingerprint density at radius 1 is 0.900 bits per heavy atom. The molecule has 0 amide bonds. The molecular formula is C18H37NO. The van der Waals surface area contributed by atoms with E-state index in [1.54, 1.807) is 0 Å². The van der Waals surface area contributed by atoms with Crippen LogP contribution in [0.3, 0.4) is 0 Å². The number of hydrogen-bond acceptors (Lipinski definition) is 2. The maximum absolute atomic E-state index is 5.96. The molecule has 0 aromatic carbocycles. The summed E-state index contributed by atoms with van der Waals surface area (Å²) >= 11 is 0. The van der Waals surface area contributed by atoms with Crippen molar-refractivity contribution in [3.63, 3.8) is 0 Å². The van der Waals surface area contributed by atoms with Crippen LogP contribution in [0.4, 0.5) is 0 Å². The highest BCUT2D eigenvalue weighted by atomic mass is 16.7. The second-order valence-corrected chi connectivity index (χ2v) is 7.06. The maximum Gasteiger partial charge on any atom is 0.0868 e. The summed E-state index contributed by atoms with van der Waals surface area (Å²) in [6, 6.07) is 0. The smallest absolute Gasteiger partial charge is 0.0868 e. The van der Waals surface area contributed by atoms with E-state index in [-0.39, 0.29) is 5.60 Å². The van der Waals surface area contributed by atoms with Gasteiger partial charge in [-0.3, -0.25) is 4.84 Å². The molecule has 1 aliphatic carbocycles. The Morgan fingerprint density at radius 2 is 1.50 bits per heavy atom. The van der Waals surface area contributed by atoms with Gasteiger partial charge in [-0.25, -0.2) is 5.48 Å². The average molecular weight is 284 g/mol. The first-order chi connectivity index (χ1) is 9.67. The highest BCUT2D eigenvalue weighted by Gasteiger charge is 2.31. The molecule has 0 aliphatic heterocycles. The van der Waals surface area contributed by atoms with Crippen molar-refractivity contribution in [1.29, 1.82) is 0 Å². The first-order valence-electron chi connectivity index (χ1n) is 9.07. The van der Waals surface area contributed by atoms with Crippen LogP contribution in [0.1, 0.15) is 97.8 Å². The van der Waals surface area contributed by atoms with Gasteiger partial charge in [-0.2, -0.15) is 0 Å². The van der Waals surface area contributed by atoms with Crippen molar-refractivity contribution in [2.75, 3.05) is 6.54 Å². The van der Waals surface area contributed by atoms with Crippen molar-refractivity contribution >= 4 is 0 Å². The molecule has 0 aromatic rings. The van der Waals surface area contributed by atoms with Crippen LogP contribution in [0.15, 0.2) is 0 Å². The number of hydrogen-bond donors (Lipinski definition) is 1. The van der Waals surface area contributed by atoms with Crippen molar-refractivity contribution in [2.45, 2.75) is 103 Å². The third-order valence-corrected chi connectivity index (χ3v) is 4.81. The molecule has 2 nitrogen and oxygen atoms in total. The minimum Gasteiger partial charge on any atom is -0.296 e. The number of nitrogens with one attached hydrogen (secondary N) is 1. The highest BCUT2D eigenvalue weighted by molar-refractivity contribution is 4.81. The summed E-state index contributed by atoms with van der Waals surface area (Å²) < 4.78 is 0. The minimum atomic E-state index is 0.00153. The van der Waals surface area contributed by atoms with Gasteiger partial charge < -0.3 is 0 Å². The molecule has 1 N–H and O–H groups in total. The van der Waals surface area contributed by atoms with Crippen molar-refractivity contribution in [1.82, 2.24) is 5.48 Å². The van der Waals surface area contributed by atoms with E-state index in [1.807, 2.05) is 0 Å². The summed E-state index contributed by atoms with van der Waals surface area (Å²) in [5.74, 6) is 0.734. The molecular weight excluding hydrogens is 246 g/mol. The van der Waals surface area contributed by atoms with Crippen LogP contribution in [0, 0.1) is 5.92 Å². The van der Waals surface area contributed by atoms with Gasteiger partial charge in [-0.15, -0.1) is 0 Å². The predicted molar refractivity (Wildman–Crippen MR) is 87.7 cm³/mol. The third kappa shape index (κ3) is 7.64. The van der Waals surface area contributed by atoms with E-state index in [0.717, 1.165) is 12.5 Å². The monoisotopic (exact) mass is 283 g/mol. The zero-order chi connectivity index (χ0) is 14.7. The number of unbranched alkanes of at least 4 members (excludes halogenated alkanes) is 6. The van der Waals surface area contributed by atoms with Gasteiger partial charge in [0, 0.05) is 6.54 Å². The molecule has 1 aliphatic rings. The van der Waals surface area contributed by atoms with Crippen LogP contribution >= 0.6 is 0 Å². The van der Waals surface area contributed by atoms with Crippen molar-refractivity contribution in [2.24, 2.45) is 5.92 Å². The molecule has 0 spiro atoms. The van der Waals surface area contributed by atoms with Crippen LogP contribution in [0.5, 0.6) is 0 Å². The van der Waals surface area contributed by atoms with Crippen LogP contribution in [0.25, 0.3) is 0 Å². The standard InChI is InChI=1S/C18H37NO/c1-4-5-6-7-8-9-13-16-19-20-18(2,3)17-14-11-10-12-15-17/h17,19H,4-16H2,1-3H3. The molecule has 1 saturated carbocycles. The Kier molecular flexibility index (Phi) is 9.54. The van der Waals surface area contributed by atoms with E-state index in [1.165, 1.54) is 77.0 Å². The molecule has 0 radical (unpaired) electrons. The molecule has 120 valence electrons. The fraction of sp³-hybridized carbons (Fsp3) is 1.00. The first-order valence-corrected chi connectivity index (χ1v) is 9.07. The summed E-state index contributed by atoms with van der Waals surface area (Å²) in [6.07, 6.45) is 16.4. The highest BCUT2D eigenvalue weighted by Crippen LogP contribution is 2.34. The lowest BCUT2D eigenvalue weighted by Crippen LogP contribution is -2.40. The van der Waals surface area contributed by atoms with Crippen LogP contribution in [0.2, 0.25) is 0 Å². The normalized spacial score (nSPS) is 17.6. The molecule has 1 fully saturated rings. The lowest BCUT2D eigenvalue weighted by Gasteiger charge is -2.36. The SMILES string of the molecule is CCCCCCCCCNOC(C)(C)C1CCCCC1. The quantitative estimate of drug-likeness (QED) is 0.392. The summed E-state index contributed by atoms with van der Waals surface area (Å²) in [5, 5.41) is 0. The van der Waals surface area contributed by atoms with E-state index in [0.29, 0.717) is 0 Å².